The van der Waals surface area contributed by atoms with E-state index < -0.39 is 11.0 Å². The van der Waals surface area contributed by atoms with Crippen LogP contribution in [0.25, 0.3) is 6.20 Å². The zero-order valence-electron chi connectivity index (χ0n) is 23.4. The third-order valence-electron chi connectivity index (χ3n) is 7.60. The fourth-order valence-corrected chi connectivity index (χ4v) is 5.91. The van der Waals surface area contributed by atoms with Crippen LogP contribution in [0.15, 0.2) is 12.3 Å². The number of fused-ring (bicyclic) bond motifs is 2. The maximum absolute atomic E-state index is 13.4. The molecule has 2 saturated carbocycles. The Morgan fingerprint density at radius 3 is 2.65 bits per heavy atom. The average molecular weight is 517 g/mol. The topological polar surface area (TPSA) is 112 Å². The van der Waals surface area contributed by atoms with Gasteiger partial charge in [-0.25, -0.2) is 4.68 Å². The zero-order chi connectivity index (χ0) is 27.4. The lowest BCUT2D eigenvalue weighted by Gasteiger charge is -2.47. The monoisotopic (exact) mass is 516 g/mol. The van der Waals surface area contributed by atoms with Gasteiger partial charge in [0, 0.05) is 19.2 Å². The van der Waals surface area contributed by atoms with E-state index in [-0.39, 0.29) is 35.7 Å². The first kappa shape index (κ1) is 28.7. The highest BCUT2D eigenvalue weighted by atomic mass is 16.5. The number of carbonyl (C=O) groups excluding carboxylic acids is 3. The summed E-state index contributed by atoms with van der Waals surface area (Å²) in [5.41, 5.74) is -0.673. The van der Waals surface area contributed by atoms with E-state index in [1.807, 2.05) is 34.6 Å². The van der Waals surface area contributed by atoms with Crippen molar-refractivity contribution in [2.24, 2.45) is 23.2 Å². The lowest BCUT2D eigenvalue weighted by molar-refractivity contribution is -0.160. The summed E-state index contributed by atoms with van der Waals surface area (Å²) in [7, 11) is 1.47. The van der Waals surface area contributed by atoms with Crippen LogP contribution in [0.2, 0.25) is 0 Å². The van der Waals surface area contributed by atoms with Crippen molar-refractivity contribution >= 4 is 24.0 Å². The van der Waals surface area contributed by atoms with Crippen LogP contribution < -0.4 is 15.4 Å². The van der Waals surface area contributed by atoms with E-state index in [9.17, 15) is 14.4 Å². The van der Waals surface area contributed by atoms with Gasteiger partial charge in [-0.2, -0.15) is 5.10 Å². The van der Waals surface area contributed by atoms with Gasteiger partial charge in [-0.05, 0) is 70.3 Å². The van der Waals surface area contributed by atoms with Gasteiger partial charge in [0.05, 0.1) is 30.9 Å². The Kier molecular flexibility index (Phi) is 9.08. The van der Waals surface area contributed by atoms with E-state index in [1.165, 1.54) is 24.9 Å². The van der Waals surface area contributed by atoms with Crippen LogP contribution in [0.1, 0.15) is 90.4 Å². The third-order valence-corrected chi connectivity index (χ3v) is 7.60. The van der Waals surface area contributed by atoms with Gasteiger partial charge in [0.1, 0.15) is 5.56 Å². The van der Waals surface area contributed by atoms with Crippen LogP contribution >= 0.6 is 0 Å². The van der Waals surface area contributed by atoms with E-state index in [1.54, 1.807) is 12.3 Å². The summed E-state index contributed by atoms with van der Waals surface area (Å²) < 4.78 is 12.8. The van der Waals surface area contributed by atoms with Crippen molar-refractivity contribution in [3.05, 3.63) is 17.8 Å². The largest absolute Gasteiger partial charge is 0.477 e. The van der Waals surface area contributed by atoms with Crippen LogP contribution in [0.5, 0.6) is 5.88 Å². The number of rotatable bonds is 10. The van der Waals surface area contributed by atoms with Gasteiger partial charge in [-0.15, -0.1) is 0 Å². The molecule has 0 saturated heterocycles. The van der Waals surface area contributed by atoms with Gasteiger partial charge in [0.25, 0.3) is 5.91 Å². The van der Waals surface area contributed by atoms with Crippen molar-refractivity contribution < 1.29 is 23.9 Å². The number of hydrogen-bond donors (Lipinski definition) is 2. The van der Waals surface area contributed by atoms with Gasteiger partial charge in [0.2, 0.25) is 11.8 Å². The molecule has 2 fully saturated rings. The Bertz CT molecular complexity index is 1010. The Morgan fingerprint density at radius 2 is 2.00 bits per heavy atom. The van der Waals surface area contributed by atoms with Gasteiger partial charge < -0.3 is 20.1 Å². The van der Waals surface area contributed by atoms with Crippen molar-refractivity contribution in [1.29, 1.82) is 0 Å². The van der Waals surface area contributed by atoms with Crippen LogP contribution in [-0.2, 0) is 14.3 Å². The highest BCUT2D eigenvalue weighted by Gasteiger charge is 2.50. The molecule has 2 aliphatic rings. The van der Waals surface area contributed by atoms with Crippen molar-refractivity contribution in [2.75, 3.05) is 13.7 Å². The van der Waals surface area contributed by atoms with E-state index in [2.05, 4.69) is 15.7 Å². The molecule has 3 unspecified atom stereocenters. The molecule has 1 heterocycles. The second-order valence-electron chi connectivity index (χ2n) is 11.9. The average Bonchev–Trinajstić information content (AvgIpc) is 3.22. The number of nitrogens with one attached hydrogen (secondary N) is 2. The first-order chi connectivity index (χ1) is 17.4. The van der Waals surface area contributed by atoms with E-state index in [0.29, 0.717) is 24.0 Å². The molecule has 206 valence electrons. The summed E-state index contributed by atoms with van der Waals surface area (Å²) in [5.74, 6) is 0.788. The molecule has 37 heavy (non-hydrogen) atoms. The fourth-order valence-electron chi connectivity index (χ4n) is 5.91. The lowest BCUT2D eigenvalue weighted by Crippen LogP contribution is -2.48. The smallest absolute Gasteiger partial charge is 0.311 e. The van der Waals surface area contributed by atoms with E-state index >= 15 is 0 Å². The molecule has 3 rings (SSSR count). The predicted molar refractivity (Wildman–Crippen MR) is 142 cm³/mol. The molecule has 9 heteroatoms. The zero-order valence-corrected chi connectivity index (χ0v) is 23.4. The molecule has 2 N–H and O–H groups in total. The SMILES string of the molecule is COC(=O)[C@@]12CCCC(CC(C(C)NC(=O)c3cnn(/C=C/C(C)(C)NC(C)=O)c3OCC(C)C)C1)C2. The molecule has 0 radical (unpaired) electrons. The summed E-state index contributed by atoms with van der Waals surface area (Å²) in [4.78, 5) is 37.6. The summed E-state index contributed by atoms with van der Waals surface area (Å²) in [6.45, 7) is 11.7. The van der Waals surface area contributed by atoms with E-state index in [0.717, 1.165) is 38.5 Å². The first-order valence-corrected chi connectivity index (χ1v) is 13.4. The molecule has 4 atom stereocenters. The summed E-state index contributed by atoms with van der Waals surface area (Å²) in [5, 5.41) is 10.4. The molecule has 1 aromatic rings. The summed E-state index contributed by atoms with van der Waals surface area (Å²) in [6, 6.07) is -0.118. The number of aromatic nitrogens is 2. The molecular weight excluding hydrogens is 472 g/mol. The normalized spacial score (nSPS) is 24.5. The maximum Gasteiger partial charge on any atom is 0.311 e. The number of carbonyl (C=O) groups is 3. The van der Waals surface area contributed by atoms with Gasteiger partial charge in [-0.1, -0.05) is 26.7 Å². The van der Waals surface area contributed by atoms with Crippen molar-refractivity contribution in [2.45, 2.75) is 91.6 Å². The highest BCUT2D eigenvalue weighted by Crippen LogP contribution is 2.52. The van der Waals surface area contributed by atoms with Gasteiger partial charge >= 0.3 is 5.97 Å². The number of hydrogen-bond acceptors (Lipinski definition) is 6. The number of esters is 1. The molecular formula is C28H44N4O5. The molecule has 9 nitrogen and oxygen atoms in total. The summed E-state index contributed by atoms with van der Waals surface area (Å²) >= 11 is 0. The van der Waals surface area contributed by atoms with Crippen LogP contribution in [0.4, 0.5) is 0 Å². The third kappa shape index (κ3) is 7.14. The Morgan fingerprint density at radius 1 is 1.27 bits per heavy atom. The van der Waals surface area contributed by atoms with Crippen molar-refractivity contribution in [1.82, 2.24) is 20.4 Å². The second kappa shape index (κ2) is 11.7. The summed E-state index contributed by atoms with van der Waals surface area (Å²) in [6.07, 6.45) is 10.7. The van der Waals surface area contributed by atoms with Crippen molar-refractivity contribution in [3.63, 3.8) is 0 Å². The van der Waals surface area contributed by atoms with Crippen LogP contribution in [0, 0.1) is 23.2 Å². The minimum atomic E-state index is -0.599. The maximum atomic E-state index is 13.4. The molecule has 0 aromatic carbocycles. The number of amides is 2. The Labute approximate surface area is 220 Å². The second-order valence-corrected chi connectivity index (χ2v) is 11.9. The Hall–Kier alpha value is -2.84. The lowest BCUT2D eigenvalue weighted by atomic mass is 9.58. The van der Waals surface area contributed by atoms with Crippen molar-refractivity contribution in [3.8, 4) is 5.88 Å². The quantitative estimate of drug-likeness (QED) is 0.451. The number of methoxy groups -OCH3 is 1. The fraction of sp³-hybridized carbons (Fsp3) is 0.714. The van der Waals surface area contributed by atoms with Crippen LogP contribution in [0.3, 0.4) is 0 Å². The molecule has 2 aliphatic carbocycles. The van der Waals surface area contributed by atoms with Gasteiger partial charge in [0.15, 0.2) is 0 Å². The molecule has 2 bridgehead atoms. The molecule has 1 aromatic heterocycles. The Balaban J connectivity index is 1.78. The molecule has 0 aliphatic heterocycles. The molecule has 2 amide bonds. The standard InChI is InChI=1S/C28H44N4O5/c1-18(2)17-37-25-23(16-29-32(25)12-11-27(5,6)31-20(4)33)24(34)30-19(3)22-13-21-9-8-10-28(14-21,15-22)26(35)36-7/h11-12,16,18-19,21-22H,8-10,13-15,17H2,1-7H3,(H,30,34)(H,31,33)/b12-11+/t19?,21?,22?,28-/m1/s1. The minimum absolute atomic E-state index is 0.111. The minimum Gasteiger partial charge on any atom is -0.477 e. The van der Waals surface area contributed by atoms with Crippen LogP contribution in [-0.4, -0.2) is 52.9 Å². The first-order valence-electron chi connectivity index (χ1n) is 13.4. The van der Waals surface area contributed by atoms with E-state index in [4.69, 9.17) is 9.47 Å². The number of ether oxygens (including phenoxy) is 2. The molecule has 0 spiro atoms. The highest BCUT2D eigenvalue weighted by molar-refractivity contribution is 5.96. The number of nitrogens with zero attached hydrogens (tertiary/aromatic N) is 2. The predicted octanol–water partition coefficient (Wildman–Crippen LogP) is 4.18. The van der Waals surface area contributed by atoms with Gasteiger partial charge in [-0.3, -0.25) is 14.4 Å².